The number of benzene rings is 6. The van der Waals surface area contributed by atoms with Gasteiger partial charge >= 0.3 is 0 Å². The third-order valence-electron chi connectivity index (χ3n) is 10.5. The third-order valence-corrected chi connectivity index (χ3v) is 10.5. The monoisotopic (exact) mass is 679 g/mol. The molecule has 0 aromatic heterocycles. The Bertz CT molecular complexity index is 2400. The molecule has 3 aliphatic rings. The van der Waals surface area contributed by atoms with E-state index in [-0.39, 0.29) is 11.8 Å². The van der Waals surface area contributed by atoms with Crippen LogP contribution in [0.15, 0.2) is 168 Å². The van der Waals surface area contributed by atoms with Crippen LogP contribution in [0, 0.1) is 18.8 Å². The van der Waals surface area contributed by atoms with Crippen LogP contribution in [0.1, 0.15) is 33.7 Å². The molecule has 6 nitrogen and oxygen atoms in total. The zero-order chi connectivity index (χ0) is 35.2. The summed E-state index contributed by atoms with van der Waals surface area (Å²) < 4.78 is 12.6. The molecule has 6 heteroatoms. The zero-order valence-electron chi connectivity index (χ0n) is 29.0. The molecular formula is C46H37N3O3. The van der Waals surface area contributed by atoms with E-state index in [0.717, 1.165) is 72.6 Å². The first kappa shape index (κ1) is 31.6. The van der Waals surface area contributed by atoms with Crippen LogP contribution in [0.5, 0.6) is 11.5 Å². The van der Waals surface area contributed by atoms with Crippen LogP contribution < -0.4 is 19.8 Å². The predicted molar refractivity (Wildman–Crippen MR) is 207 cm³/mol. The van der Waals surface area contributed by atoms with Gasteiger partial charge in [-0.15, -0.1) is 0 Å². The molecule has 0 spiro atoms. The molecule has 0 radical (unpaired) electrons. The summed E-state index contributed by atoms with van der Waals surface area (Å²) in [5.74, 6) is 0.905. The molecule has 0 saturated carbocycles. The van der Waals surface area contributed by atoms with E-state index in [9.17, 15) is 0 Å². The van der Waals surface area contributed by atoms with Gasteiger partial charge in [-0.2, -0.15) is 5.10 Å². The van der Waals surface area contributed by atoms with Gasteiger partial charge in [0.05, 0.1) is 24.4 Å². The number of hydrogen-bond donors (Lipinski definition) is 1. The van der Waals surface area contributed by atoms with Crippen LogP contribution >= 0.6 is 0 Å². The SMILES string of the molecule is COc1ccc(C2C=C3C(=C(NCc4ccccc4)Oc4c3ccc3ccccc43)C3C(c4ccc(C)cc4)=NN(c4ccccc4)C(=O)C32)cc1. The van der Waals surface area contributed by atoms with Crippen molar-refractivity contribution < 1.29 is 14.3 Å². The third kappa shape index (κ3) is 5.44. The predicted octanol–water partition coefficient (Wildman–Crippen LogP) is 9.41. The molecule has 52 heavy (non-hydrogen) atoms. The van der Waals surface area contributed by atoms with Crippen molar-refractivity contribution in [1.29, 1.82) is 0 Å². The van der Waals surface area contributed by atoms with E-state index in [2.05, 4.69) is 91.1 Å². The van der Waals surface area contributed by atoms with E-state index in [4.69, 9.17) is 14.6 Å². The zero-order valence-corrected chi connectivity index (χ0v) is 29.0. The molecule has 6 aromatic carbocycles. The van der Waals surface area contributed by atoms with Gasteiger partial charge in [0.25, 0.3) is 5.91 Å². The maximum absolute atomic E-state index is 15.2. The summed E-state index contributed by atoms with van der Waals surface area (Å²) in [7, 11) is 1.67. The van der Waals surface area contributed by atoms with Crippen LogP contribution in [0.2, 0.25) is 0 Å². The topological polar surface area (TPSA) is 63.2 Å². The van der Waals surface area contributed by atoms with Crippen molar-refractivity contribution in [3.8, 4) is 11.5 Å². The number of amides is 1. The molecule has 1 amide bonds. The normalized spacial score (nSPS) is 19.2. The van der Waals surface area contributed by atoms with Crippen LogP contribution in [0.3, 0.4) is 0 Å². The van der Waals surface area contributed by atoms with Crippen LogP contribution in [-0.4, -0.2) is 18.7 Å². The van der Waals surface area contributed by atoms with E-state index in [0.29, 0.717) is 12.4 Å². The molecule has 2 heterocycles. The van der Waals surface area contributed by atoms with Gasteiger partial charge in [-0.25, -0.2) is 5.01 Å². The lowest BCUT2D eigenvalue weighted by Crippen LogP contribution is -2.50. The maximum atomic E-state index is 15.2. The summed E-state index contributed by atoms with van der Waals surface area (Å²) in [6.45, 7) is 2.63. The summed E-state index contributed by atoms with van der Waals surface area (Å²) >= 11 is 0. The highest BCUT2D eigenvalue weighted by Gasteiger charge is 2.52. The standard InChI is InChI=1S/C46H37N3O3/c1-29-17-19-33(20-18-29)43-42-40-39(37-26-23-31-13-9-10-16-36(31)44(37)52-45(40)47-28-30-11-5-3-6-12-30)27-38(32-21-24-35(51-2)25-22-32)41(42)46(50)49(48-43)34-14-7-4-8-15-34/h3-27,38,41-42,47H,28H2,1-2H3. The fourth-order valence-electron chi connectivity index (χ4n) is 7.87. The molecule has 1 aliphatic carbocycles. The molecule has 1 N–H and O–H groups in total. The quantitative estimate of drug-likeness (QED) is 0.183. The molecule has 0 saturated heterocycles. The number of para-hydroxylation sites is 1. The Kier molecular flexibility index (Phi) is 7.92. The van der Waals surface area contributed by atoms with Gasteiger partial charge in [0, 0.05) is 34.9 Å². The Morgan fingerprint density at radius 2 is 1.50 bits per heavy atom. The molecule has 0 fully saturated rings. The fourth-order valence-corrected chi connectivity index (χ4v) is 7.87. The lowest BCUT2D eigenvalue weighted by molar-refractivity contribution is -0.124. The highest BCUT2D eigenvalue weighted by atomic mass is 16.5. The van der Waals surface area contributed by atoms with Crippen molar-refractivity contribution in [2.45, 2.75) is 19.4 Å². The first-order valence-electron chi connectivity index (χ1n) is 17.7. The number of methoxy groups -OCH3 is 1. The second-order valence-electron chi connectivity index (χ2n) is 13.6. The Labute approximate surface area is 303 Å². The van der Waals surface area contributed by atoms with Gasteiger partial charge in [0.1, 0.15) is 11.5 Å². The number of nitrogens with zero attached hydrogens (tertiary/aromatic N) is 2. The number of hydrazone groups is 1. The molecule has 2 aliphatic heterocycles. The minimum absolute atomic E-state index is 0.0672. The van der Waals surface area contributed by atoms with Crippen molar-refractivity contribution in [2.24, 2.45) is 16.9 Å². The highest BCUT2D eigenvalue weighted by molar-refractivity contribution is 6.16. The second kappa shape index (κ2) is 13.1. The Morgan fingerprint density at radius 3 is 2.25 bits per heavy atom. The smallest absolute Gasteiger partial charge is 0.252 e. The van der Waals surface area contributed by atoms with Gasteiger partial charge in [-0.05, 0) is 64.9 Å². The summed E-state index contributed by atoms with van der Waals surface area (Å²) in [4.78, 5) is 15.2. The number of ether oxygens (including phenoxy) is 2. The van der Waals surface area contributed by atoms with Gasteiger partial charge < -0.3 is 14.8 Å². The van der Waals surface area contributed by atoms with Crippen molar-refractivity contribution >= 4 is 33.7 Å². The number of rotatable bonds is 7. The molecular weight excluding hydrogens is 643 g/mol. The average molecular weight is 680 g/mol. The second-order valence-corrected chi connectivity index (χ2v) is 13.6. The number of hydrogen-bond acceptors (Lipinski definition) is 5. The van der Waals surface area contributed by atoms with E-state index in [1.54, 1.807) is 12.1 Å². The largest absolute Gasteiger partial charge is 0.497 e. The Balaban J connectivity index is 1.33. The van der Waals surface area contributed by atoms with Crippen molar-refractivity contribution in [1.82, 2.24) is 5.32 Å². The lowest BCUT2D eigenvalue weighted by atomic mass is 9.63. The van der Waals surface area contributed by atoms with Crippen LogP contribution in [-0.2, 0) is 11.3 Å². The number of carbonyl (C=O) groups is 1. The van der Waals surface area contributed by atoms with E-state index >= 15 is 4.79 Å². The van der Waals surface area contributed by atoms with Gasteiger partial charge in [0.15, 0.2) is 5.88 Å². The van der Waals surface area contributed by atoms with Crippen molar-refractivity contribution in [3.05, 3.63) is 191 Å². The van der Waals surface area contributed by atoms with Gasteiger partial charge in [-0.1, -0.05) is 127 Å². The Morgan fingerprint density at radius 1 is 0.788 bits per heavy atom. The molecule has 9 rings (SSSR count). The number of anilines is 1. The average Bonchev–Trinajstić information content (AvgIpc) is 3.20. The number of nitrogens with one attached hydrogen (secondary N) is 1. The molecule has 6 aromatic rings. The van der Waals surface area contributed by atoms with Gasteiger partial charge in [0.2, 0.25) is 0 Å². The summed E-state index contributed by atoms with van der Waals surface area (Å²) in [6, 6.07) is 49.3. The molecule has 3 atom stereocenters. The molecule has 0 bridgehead atoms. The lowest BCUT2D eigenvalue weighted by Gasteiger charge is -2.45. The van der Waals surface area contributed by atoms with E-state index < -0.39 is 11.8 Å². The first-order chi connectivity index (χ1) is 25.6. The van der Waals surface area contributed by atoms with Crippen LogP contribution in [0.4, 0.5) is 5.69 Å². The van der Waals surface area contributed by atoms with Crippen molar-refractivity contribution in [3.63, 3.8) is 0 Å². The summed E-state index contributed by atoms with van der Waals surface area (Å²) in [5.41, 5.74) is 8.80. The maximum Gasteiger partial charge on any atom is 0.252 e. The number of aryl methyl sites for hydroxylation is 1. The summed E-state index contributed by atoms with van der Waals surface area (Å²) in [6.07, 6.45) is 2.29. The van der Waals surface area contributed by atoms with E-state index in [1.165, 1.54) is 0 Å². The molecule has 3 unspecified atom stereocenters. The minimum Gasteiger partial charge on any atom is -0.497 e. The van der Waals surface area contributed by atoms with E-state index in [1.807, 2.05) is 72.8 Å². The number of carbonyl (C=O) groups excluding carboxylic acids is 1. The number of fused-ring (bicyclic) bond motifs is 7. The highest BCUT2D eigenvalue weighted by Crippen LogP contribution is 2.55. The number of allylic oxidation sites excluding steroid dienone is 3. The van der Waals surface area contributed by atoms with Crippen LogP contribution in [0.25, 0.3) is 16.3 Å². The minimum atomic E-state index is -0.528. The fraction of sp³-hybridized carbons (Fsp3) is 0.130. The van der Waals surface area contributed by atoms with Crippen molar-refractivity contribution in [2.75, 3.05) is 12.1 Å². The summed E-state index contributed by atoms with van der Waals surface area (Å²) in [5, 5.41) is 12.7. The van der Waals surface area contributed by atoms with Gasteiger partial charge in [-0.3, -0.25) is 4.79 Å². The molecule has 254 valence electrons. The Hall–Kier alpha value is -6.40. The first-order valence-corrected chi connectivity index (χ1v) is 17.7.